The maximum Gasteiger partial charge on any atom is 0.163 e. The minimum absolute atomic E-state index is 0.0101. The number of nitrogens with zero attached hydrogens (tertiary/aromatic N) is 3. The number of ether oxygens (including phenoxy) is 2. The number of rotatable bonds is 7. The summed E-state index contributed by atoms with van der Waals surface area (Å²) >= 11 is 0. The topological polar surface area (TPSA) is 84.3 Å². The third kappa shape index (κ3) is 3.68. The number of methoxy groups -OCH3 is 2. The van der Waals surface area contributed by atoms with Crippen molar-refractivity contribution < 1.29 is 14.3 Å². The highest BCUT2D eigenvalue weighted by molar-refractivity contribution is 5.96. The van der Waals surface area contributed by atoms with Gasteiger partial charge in [0.2, 0.25) is 0 Å². The van der Waals surface area contributed by atoms with Gasteiger partial charge in [-0.1, -0.05) is 5.11 Å². The number of ketones is 1. The Bertz CT molecular complexity index is 468. The summed E-state index contributed by atoms with van der Waals surface area (Å²) in [6, 6.07) is 5.03. The Morgan fingerprint density at radius 1 is 1.33 bits per heavy atom. The molecule has 18 heavy (non-hydrogen) atoms. The third-order valence-corrected chi connectivity index (χ3v) is 2.43. The second-order valence-electron chi connectivity index (χ2n) is 3.55. The van der Waals surface area contributed by atoms with Crippen LogP contribution in [0.25, 0.3) is 10.4 Å². The summed E-state index contributed by atoms with van der Waals surface area (Å²) in [6.45, 7) is 0.329. The lowest BCUT2D eigenvalue weighted by atomic mass is 10.1. The molecule has 0 fully saturated rings. The number of carbonyl (C=O) groups excluding carboxylic acids is 1. The molecule has 0 saturated carbocycles. The van der Waals surface area contributed by atoms with Gasteiger partial charge < -0.3 is 9.47 Å². The summed E-state index contributed by atoms with van der Waals surface area (Å²) in [5.41, 5.74) is 8.68. The van der Waals surface area contributed by atoms with E-state index in [4.69, 9.17) is 15.0 Å². The van der Waals surface area contributed by atoms with Crippen molar-refractivity contribution in [3.63, 3.8) is 0 Å². The van der Waals surface area contributed by atoms with Crippen molar-refractivity contribution in [1.82, 2.24) is 0 Å². The van der Waals surface area contributed by atoms with Gasteiger partial charge in [0.1, 0.15) is 0 Å². The van der Waals surface area contributed by atoms with Crippen LogP contribution in [0.2, 0.25) is 0 Å². The molecule has 0 aliphatic carbocycles. The summed E-state index contributed by atoms with van der Waals surface area (Å²) < 4.78 is 10.2. The van der Waals surface area contributed by atoms with Crippen LogP contribution in [0.15, 0.2) is 23.3 Å². The van der Waals surface area contributed by atoms with Crippen LogP contribution in [-0.4, -0.2) is 26.5 Å². The second-order valence-corrected chi connectivity index (χ2v) is 3.55. The summed E-state index contributed by atoms with van der Waals surface area (Å²) in [5.74, 6) is 1.10. The predicted octanol–water partition coefficient (Wildman–Crippen LogP) is 2.98. The molecule has 0 aliphatic heterocycles. The monoisotopic (exact) mass is 249 g/mol. The van der Waals surface area contributed by atoms with Crippen LogP contribution < -0.4 is 9.47 Å². The standard InChI is InChI=1S/C12H15N3O3/c1-17-11-6-5-9(8-12(11)18-2)10(16)4-3-7-14-15-13/h5-6,8H,3-4,7H2,1-2H3. The normalized spacial score (nSPS) is 9.44. The van der Waals surface area contributed by atoms with E-state index in [2.05, 4.69) is 10.0 Å². The molecular formula is C12H15N3O3. The van der Waals surface area contributed by atoms with Gasteiger partial charge in [-0.15, -0.1) is 0 Å². The quantitative estimate of drug-likeness (QED) is 0.245. The van der Waals surface area contributed by atoms with Crippen molar-refractivity contribution >= 4 is 5.78 Å². The lowest BCUT2D eigenvalue weighted by molar-refractivity contribution is 0.0980. The van der Waals surface area contributed by atoms with Crippen LogP contribution >= 0.6 is 0 Å². The van der Waals surface area contributed by atoms with Crippen LogP contribution in [-0.2, 0) is 0 Å². The number of benzene rings is 1. The molecule has 0 spiro atoms. The minimum atomic E-state index is -0.0101. The fraction of sp³-hybridized carbons (Fsp3) is 0.417. The molecule has 0 aromatic heterocycles. The average Bonchev–Trinajstić information content (AvgIpc) is 2.42. The molecule has 1 aromatic rings. The minimum Gasteiger partial charge on any atom is -0.493 e. The van der Waals surface area contributed by atoms with Gasteiger partial charge in [0.25, 0.3) is 0 Å². The number of Topliss-reactive ketones (excluding diaryl/α,β-unsaturated/α-hetero) is 1. The van der Waals surface area contributed by atoms with Crippen molar-refractivity contribution in [3.05, 3.63) is 34.2 Å². The smallest absolute Gasteiger partial charge is 0.163 e. The van der Waals surface area contributed by atoms with E-state index in [0.29, 0.717) is 36.4 Å². The summed E-state index contributed by atoms with van der Waals surface area (Å²) in [5, 5.41) is 3.38. The first-order valence-corrected chi connectivity index (χ1v) is 5.49. The van der Waals surface area contributed by atoms with Gasteiger partial charge in [-0.25, -0.2) is 0 Å². The fourth-order valence-electron chi connectivity index (χ4n) is 1.51. The third-order valence-electron chi connectivity index (χ3n) is 2.43. The van der Waals surface area contributed by atoms with Crippen molar-refractivity contribution in [1.29, 1.82) is 0 Å². The summed E-state index contributed by atoms with van der Waals surface area (Å²) in [6.07, 6.45) is 0.881. The van der Waals surface area contributed by atoms with Gasteiger partial charge in [-0.05, 0) is 30.2 Å². The van der Waals surface area contributed by atoms with Crippen molar-refractivity contribution in [2.45, 2.75) is 12.8 Å². The largest absolute Gasteiger partial charge is 0.493 e. The highest BCUT2D eigenvalue weighted by Crippen LogP contribution is 2.28. The number of carbonyl (C=O) groups is 1. The highest BCUT2D eigenvalue weighted by Gasteiger charge is 2.10. The van der Waals surface area contributed by atoms with E-state index in [0.717, 1.165) is 0 Å². The van der Waals surface area contributed by atoms with Gasteiger partial charge in [0.15, 0.2) is 17.3 Å². The number of azide groups is 1. The predicted molar refractivity (Wildman–Crippen MR) is 67.1 cm³/mol. The first kappa shape index (κ1) is 13.9. The lowest BCUT2D eigenvalue weighted by Crippen LogP contribution is -2.01. The highest BCUT2D eigenvalue weighted by atomic mass is 16.5. The molecule has 0 N–H and O–H groups in total. The summed E-state index contributed by atoms with van der Waals surface area (Å²) in [4.78, 5) is 14.5. The van der Waals surface area contributed by atoms with Gasteiger partial charge in [0.05, 0.1) is 14.2 Å². The van der Waals surface area contributed by atoms with Crippen molar-refractivity contribution in [2.24, 2.45) is 5.11 Å². The van der Waals surface area contributed by atoms with E-state index >= 15 is 0 Å². The van der Waals surface area contributed by atoms with E-state index in [-0.39, 0.29) is 5.78 Å². The molecule has 0 bridgehead atoms. The molecule has 0 radical (unpaired) electrons. The average molecular weight is 249 g/mol. The van der Waals surface area contributed by atoms with E-state index in [1.165, 1.54) is 7.11 Å². The Kier molecular flexibility index (Phi) is 5.54. The molecule has 0 aliphatic rings. The van der Waals surface area contributed by atoms with Gasteiger partial charge >= 0.3 is 0 Å². The van der Waals surface area contributed by atoms with Gasteiger partial charge in [0, 0.05) is 23.4 Å². The Morgan fingerprint density at radius 3 is 2.67 bits per heavy atom. The Morgan fingerprint density at radius 2 is 2.06 bits per heavy atom. The van der Waals surface area contributed by atoms with Crippen LogP contribution in [0.3, 0.4) is 0 Å². The van der Waals surface area contributed by atoms with Crippen LogP contribution in [0.4, 0.5) is 0 Å². The molecule has 0 atom stereocenters. The summed E-state index contributed by atoms with van der Waals surface area (Å²) in [7, 11) is 3.06. The first-order chi connectivity index (χ1) is 8.72. The van der Waals surface area contributed by atoms with E-state index in [1.54, 1.807) is 25.3 Å². The molecule has 0 saturated heterocycles. The lowest BCUT2D eigenvalue weighted by Gasteiger charge is -2.08. The molecular weight excluding hydrogens is 234 g/mol. The first-order valence-electron chi connectivity index (χ1n) is 5.49. The molecule has 1 aromatic carbocycles. The SMILES string of the molecule is COc1ccc(C(=O)CCCN=[N+]=[N-])cc1OC. The van der Waals surface area contributed by atoms with Crippen LogP contribution in [0.5, 0.6) is 11.5 Å². The maximum absolute atomic E-state index is 11.8. The zero-order valence-corrected chi connectivity index (χ0v) is 10.4. The zero-order chi connectivity index (χ0) is 13.4. The van der Waals surface area contributed by atoms with E-state index in [9.17, 15) is 4.79 Å². The van der Waals surface area contributed by atoms with E-state index in [1.807, 2.05) is 0 Å². The second kappa shape index (κ2) is 7.19. The van der Waals surface area contributed by atoms with Gasteiger partial charge in [-0.3, -0.25) is 4.79 Å². The Labute approximate surface area is 105 Å². The van der Waals surface area contributed by atoms with Crippen molar-refractivity contribution in [2.75, 3.05) is 20.8 Å². The molecule has 0 unspecified atom stereocenters. The maximum atomic E-state index is 11.8. The van der Waals surface area contributed by atoms with Crippen LogP contribution in [0.1, 0.15) is 23.2 Å². The molecule has 6 nitrogen and oxygen atoms in total. The van der Waals surface area contributed by atoms with Crippen molar-refractivity contribution in [3.8, 4) is 11.5 Å². The molecule has 1 rings (SSSR count). The van der Waals surface area contributed by atoms with Crippen LogP contribution in [0, 0.1) is 0 Å². The molecule has 6 heteroatoms. The fourth-order valence-corrected chi connectivity index (χ4v) is 1.51. The zero-order valence-electron chi connectivity index (χ0n) is 10.4. The molecule has 0 heterocycles. The molecule has 0 amide bonds. The number of hydrogen-bond donors (Lipinski definition) is 0. The van der Waals surface area contributed by atoms with Gasteiger partial charge in [-0.2, -0.15) is 0 Å². The Hall–Kier alpha value is -2.20. The molecule has 96 valence electrons. The Balaban J connectivity index is 2.71. The number of hydrogen-bond acceptors (Lipinski definition) is 4. The van der Waals surface area contributed by atoms with E-state index < -0.39 is 0 Å².